The zero-order valence-electron chi connectivity index (χ0n) is 27.8. The maximum absolute atomic E-state index is 13.6. The van der Waals surface area contributed by atoms with Crippen LogP contribution in [0.4, 0.5) is 23.8 Å². The first-order valence-corrected chi connectivity index (χ1v) is 15.4. The van der Waals surface area contributed by atoms with Crippen LogP contribution < -0.4 is 16.0 Å². The van der Waals surface area contributed by atoms with Crippen molar-refractivity contribution >= 4 is 29.7 Å². The van der Waals surface area contributed by atoms with Crippen LogP contribution in [0.3, 0.4) is 0 Å². The molecule has 0 saturated heterocycles. The van der Waals surface area contributed by atoms with Gasteiger partial charge in [-0.1, -0.05) is 42.5 Å². The van der Waals surface area contributed by atoms with Crippen LogP contribution in [0.2, 0.25) is 0 Å². The molecule has 3 aromatic rings. The Labute approximate surface area is 277 Å². The van der Waals surface area contributed by atoms with E-state index in [9.17, 15) is 32.3 Å². The fraction of sp³-hybridized carbons (Fsp3) is 0.441. The van der Waals surface area contributed by atoms with E-state index in [2.05, 4.69) is 20.9 Å². The van der Waals surface area contributed by atoms with Gasteiger partial charge in [0.05, 0.1) is 18.5 Å². The molecule has 3 rings (SSSR count). The van der Waals surface area contributed by atoms with Gasteiger partial charge in [-0.05, 0) is 84.1 Å². The van der Waals surface area contributed by atoms with Crippen LogP contribution in [0.1, 0.15) is 77.1 Å². The number of alkyl halides is 3. The lowest BCUT2D eigenvalue weighted by Gasteiger charge is -2.29. The summed E-state index contributed by atoms with van der Waals surface area (Å²) in [7, 11) is 0. The highest BCUT2D eigenvalue weighted by Crippen LogP contribution is 2.31. The number of hydrogen-bond acceptors (Lipinski definition) is 7. The predicted molar refractivity (Wildman–Crippen MR) is 172 cm³/mol. The number of hydrogen-bond donors (Lipinski definition) is 3. The van der Waals surface area contributed by atoms with Crippen molar-refractivity contribution in [3.63, 3.8) is 0 Å². The van der Waals surface area contributed by atoms with Crippen LogP contribution in [-0.4, -0.2) is 57.2 Å². The van der Waals surface area contributed by atoms with E-state index in [0.717, 1.165) is 17.7 Å². The van der Waals surface area contributed by atoms with Gasteiger partial charge < -0.3 is 30.0 Å². The number of nitrogens with zero attached hydrogens (tertiary/aromatic N) is 2. The van der Waals surface area contributed by atoms with Crippen LogP contribution in [0, 0.1) is 0 Å². The number of esters is 1. The average molecular weight is 674 g/mol. The van der Waals surface area contributed by atoms with E-state index in [1.165, 1.54) is 43.1 Å². The molecule has 260 valence electrons. The van der Waals surface area contributed by atoms with Crippen LogP contribution in [-0.2, 0) is 36.5 Å². The summed E-state index contributed by atoms with van der Waals surface area (Å²) in [6.07, 6.45) is -1.40. The molecule has 0 aliphatic carbocycles. The number of benzene rings is 2. The summed E-state index contributed by atoms with van der Waals surface area (Å²) >= 11 is 0. The quantitative estimate of drug-likeness (QED) is 0.195. The summed E-state index contributed by atoms with van der Waals surface area (Å²) < 4.78 is 51.2. The Morgan fingerprint density at radius 1 is 0.938 bits per heavy atom. The largest absolute Gasteiger partial charge is 0.464 e. The Bertz CT molecular complexity index is 1550. The molecule has 0 radical (unpaired) electrons. The maximum Gasteiger partial charge on any atom is 0.416 e. The summed E-state index contributed by atoms with van der Waals surface area (Å²) in [6, 6.07) is 11.4. The number of anilines is 1. The van der Waals surface area contributed by atoms with E-state index >= 15 is 0 Å². The molecule has 1 unspecified atom stereocenters. The van der Waals surface area contributed by atoms with Crippen molar-refractivity contribution in [1.82, 2.24) is 20.2 Å². The maximum atomic E-state index is 13.6. The third kappa shape index (κ3) is 11.1. The zero-order valence-corrected chi connectivity index (χ0v) is 27.8. The number of amides is 3. The fourth-order valence-corrected chi connectivity index (χ4v) is 4.64. The highest BCUT2D eigenvalue weighted by molar-refractivity contribution is 5.98. The molecule has 2 atom stereocenters. The number of carbonyl (C=O) groups is 4. The van der Waals surface area contributed by atoms with E-state index in [1.807, 2.05) is 30.3 Å². The number of nitrogens with one attached hydrogen (secondary N) is 3. The molecule has 14 heteroatoms. The lowest BCUT2D eigenvalue weighted by atomic mass is 10.0. The minimum atomic E-state index is -4.56. The first-order chi connectivity index (χ1) is 22.4. The van der Waals surface area contributed by atoms with Gasteiger partial charge in [-0.2, -0.15) is 13.2 Å². The molecule has 11 nitrogen and oxygen atoms in total. The standard InChI is InChI=1S/C34H42F3N5O6/c1-7-47-29(44)27(23-16-18-24(19-17-23)34(35,36)37)42-20-26(38-21-42)40-28(43)25(15-11-14-22-12-9-8-10-13-22)39-30(45)33(5,6)41-31(46)48-32(2,3)4/h8-10,12-13,16-21,25,27H,7,11,14-15H2,1-6H3,(H,39,45)(H,40,43)(H,41,46)/t25-,27?/m1/s1. The molecule has 1 heterocycles. The summed E-state index contributed by atoms with van der Waals surface area (Å²) in [6.45, 7) is 9.63. The number of aryl methyl sites for hydroxylation is 1. The Morgan fingerprint density at radius 3 is 2.17 bits per heavy atom. The van der Waals surface area contributed by atoms with Gasteiger partial charge in [-0.25, -0.2) is 14.6 Å². The second kappa shape index (κ2) is 15.8. The SMILES string of the molecule is CCOC(=O)C(c1ccc(C(F)(F)F)cc1)n1cnc(NC(=O)[C@@H](CCCc2ccccc2)NC(=O)C(C)(C)NC(=O)OC(C)(C)C)c1. The number of ether oxygens (including phenoxy) is 2. The van der Waals surface area contributed by atoms with Crippen LogP contribution in [0.5, 0.6) is 0 Å². The highest BCUT2D eigenvalue weighted by atomic mass is 19.4. The minimum absolute atomic E-state index is 0.0228. The summed E-state index contributed by atoms with van der Waals surface area (Å²) in [5.74, 6) is -1.96. The van der Waals surface area contributed by atoms with E-state index in [1.54, 1.807) is 27.7 Å². The molecule has 2 aromatic carbocycles. The number of halogens is 3. The van der Waals surface area contributed by atoms with Gasteiger partial charge in [0.15, 0.2) is 11.9 Å². The second-order valence-corrected chi connectivity index (χ2v) is 12.6. The van der Waals surface area contributed by atoms with Crippen LogP contribution in [0.15, 0.2) is 67.1 Å². The lowest BCUT2D eigenvalue weighted by molar-refractivity contribution is -0.145. The van der Waals surface area contributed by atoms with Gasteiger partial charge in [0.25, 0.3) is 0 Å². The average Bonchev–Trinajstić information content (AvgIpc) is 3.43. The third-order valence-electron chi connectivity index (χ3n) is 7.02. The van der Waals surface area contributed by atoms with Gasteiger partial charge in [-0.15, -0.1) is 0 Å². The molecule has 48 heavy (non-hydrogen) atoms. The molecule has 3 N–H and O–H groups in total. The molecule has 0 bridgehead atoms. The molecule has 1 aromatic heterocycles. The van der Waals surface area contributed by atoms with Crippen LogP contribution >= 0.6 is 0 Å². The molecule has 0 saturated carbocycles. The molecule has 0 spiro atoms. The van der Waals surface area contributed by atoms with Crippen molar-refractivity contribution in [2.75, 3.05) is 11.9 Å². The van der Waals surface area contributed by atoms with Crippen molar-refractivity contribution in [1.29, 1.82) is 0 Å². The number of alkyl carbamates (subject to hydrolysis) is 1. The van der Waals surface area contributed by atoms with Gasteiger partial charge in [0.2, 0.25) is 11.8 Å². The normalized spacial score (nSPS) is 13.2. The summed E-state index contributed by atoms with van der Waals surface area (Å²) in [4.78, 5) is 56.4. The molecular weight excluding hydrogens is 631 g/mol. The molecule has 0 fully saturated rings. The molecule has 0 aliphatic heterocycles. The van der Waals surface area contributed by atoms with Crippen molar-refractivity contribution < 1.29 is 41.8 Å². The minimum Gasteiger partial charge on any atom is -0.464 e. The van der Waals surface area contributed by atoms with Gasteiger partial charge in [-0.3, -0.25) is 9.59 Å². The lowest BCUT2D eigenvalue weighted by Crippen LogP contribution is -2.58. The van der Waals surface area contributed by atoms with Gasteiger partial charge in [0.1, 0.15) is 17.2 Å². The van der Waals surface area contributed by atoms with Gasteiger partial charge in [0, 0.05) is 6.20 Å². The van der Waals surface area contributed by atoms with Crippen molar-refractivity contribution in [2.24, 2.45) is 0 Å². The van der Waals surface area contributed by atoms with E-state index < -0.39 is 58.8 Å². The second-order valence-electron chi connectivity index (χ2n) is 12.6. The Balaban J connectivity index is 1.81. The zero-order chi connectivity index (χ0) is 35.7. The first kappa shape index (κ1) is 37.6. The topological polar surface area (TPSA) is 141 Å². The van der Waals surface area contributed by atoms with Crippen molar-refractivity contribution in [2.45, 2.75) is 90.2 Å². The van der Waals surface area contributed by atoms with Crippen LogP contribution in [0.25, 0.3) is 0 Å². The summed E-state index contributed by atoms with van der Waals surface area (Å²) in [5.41, 5.74) is -1.86. The Hall–Kier alpha value is -4.88. The number of aromatic nitrogens is 2. The van der Waals surface area contributed by atoms with Crippen molar-refractivity contribution in [3.8, 4) is 0 Å². The Morgan fingerprint density at radius 2 is 1.58 bits per heavy atom. The third-order valence-corrected chi connectivity index (χ3v) is 7.02. The Kier molecular flexibility index (Phi) is 12.4. The van der Waals surface area contributed by atoms with E-state index in [0.29, 0.717) is 12.8 Å². The highest BCUT2D eigenvalue weighted by Gasteiger charge is 2.35. The molecular formula is C34H42F3N5O6. The summed E-state index contributed by atoms with van der Waals surface area (Å²) in [5, 5.41) is 7.89. The number of carbonyl (C=O) groups excluding carboxylic acids is 4. The first-order valence-electron chi connectivity index (χ1n) is 15.4. The van der Waals surface area contributed by atoms with Gasteiger partial charge >= 0.3 is 18.2 Å². The molecule has 0 aliphatic rings. The monoisotopic (exact) mass is 673 g/mol. The fourth-order valence-electron chi connectivity index (χ4n) is 4.64. The smallest absolute Gasteiger partial charge is 0.416 e. The number of imidazole rings is 1. The number of rotatable bonds is 13. The van der Waals surface area contributed by atoms with E-state index in [-0.39, 0.29) is 24.4 Å². The van der Waals surface area contributed by atoms with Crippen molar-refractivity contribution in [3.05, 3.63) is 83.8 Å². The predicted octanol–water partition coefficient (Wildman–Crippen LogP) is 5.80. The molecule has 3 amide bonds. The van der Waals surface area contributed by atoms with E-state index in [4.69, 9.17) is 9.47 Å².